The van der Waals surface area contributed by atoms with Gasteiger partial charge in [-0.1, -0.05) is 15.9 Å². The van der Waals surface area contributed by atoms with E-state index in [1.807, 2.05) is 19.4 Å². The van der Waals surface area contributed by atoms with Gasteiger partial charge < -0.3 is 9.88 Å². The molecule has 0 radical (unpaired) electrons. The minimum absolute atomic E-state index is 0.996. The van der Waals surface area contributed by atoms with Gasteiger partial charge in [-0.2, -0.15) is 0 Å². The van der Waals surface area contributed by atoms with Crippen molar-refractivity contribution in [2.45, 2.75) is 6.42 Å². The van der Waals surface area contributed by atoms with E-state index in [2.05, 4.69) is 30.8 Å². The Labute approximate surface area is 81.3 Å². The molecule has 0 aromatic carbocycles. The van der Waals surface area contributed by atoms with Crippen LogP contribution < -0.4 is 5.32 Å². The molecule has 0 amide bonds. The molecule has 0 aliphatic rings. The van der Waals surface area contributed by atoms with Crippen molar-refractivity contribution in [3.05, 3.63) is 18.2 Å². The van der Waals surface area contributed by atoms with E-state index in [0.717, 1.165) is 30.7 Å². The lowest BCUT2D eigenvalue weighted by molar-refractivity contribution is 0.680. The molecule has 68 valence electrons. The van der Waals surface area contributed by atoms with Gasteiger partial charge in [0.2, 0.25) is 0 Å². The molecule has 1 rings (SSSR count). The van der Waals surface area contributed by atoms with Crippen molar-refractivity contribution < 1.29 is 0 Å². The van der Waals surface area contributed by atoms with E-state index in [-0.39, 0.29) is 0 Å². The number of hydrogen-bond donors (Lipinski definition) is 1. The SMILES string of the molecule is Cn1ccnc1CCNCCBr. The van der Waals surface area contributed by atoms with Crippen LogP contribution in [0.15, 0.2) is 12.4 Å². The molecule has 12 heavy (non-hydrogen) atoms. The summed E-state index contributed by atoms with van der Waals surface area (Å²) in [6.07, 6.45) is 4.80. The molecule has 0 spiro atoms. The summed E-state index contributed by atoms with van der Waals surface area (Å²) >= 11 is 3.36. The highest BCUT2D eigenvalue weighted by Gasteiger charge is 1.96. The summed E-state index contributed by atoms with van der Waals surface area (Å²) in [5.41, 5.74) is 0. The van der Waals surface area contributed by atoms with Crippen molar-refractivity contribution in [2.75, 3.05) is 18.4 Å². The third-order valence-electron chi connectivity index (χ3n) is 1.72. The van der Waals surface area contributed by atoms with Gasteiger partial charge in [-0.15, -0.1) is 0 Å². The monoisotopic (exact) mass is 231 g/mol. The standard InChI is InChI=1S/C8H14BrN3/c1-12-7-6-11-8(12)2-4-10-5-3-9/h6-7,10H,2-5H2,1H3. The van der Waals surface area contributed by atoms with E-state index >= 15 is 0 Å². The van der Waals surface area contributed by atoms with Gasteiger partial charge in [0.15, 0.2) is 0 Å². The predicted octanol–water partition coefficient (Wildman–Crippen LogP) is 0.947. The number of aromatic nitrogens is 2. The molecule has 1 aromatic rings. The quantitative estimate of drug-likeness (QED) is 0.605. The van der Waals surface area contributed by atoms with Crippen LogP contribution in [0.4, 0.5) is 0 Å². The molecule has 1 aromatic heterocycles. The van der Waals surface area contributed by atoms with Crippen molar-refractivity contribution in [3.63, 3.8) is 0 Å². The van der Waals surface area contributed by atoms with Crippen molar-refractivity contribution in [1.82, 2.24) is 14.9 Å². The Kier molecular flexibility index (Phi) is 4.32. The maximum atomic E-state index is 4.22. The number of rotatable bonds is 5. The van der Waals surface area contributed by atoms with E-state index in [4.69, 9.17) is 0 Å². The number of nitrogens with zero attached hydrogens (tertiary/aromatic N) is 2. The Morgan fingerprint density at radius 2 is 2.42 bits per heavy atom. The third kappa shape index (κ3) is 2.95. The van der Waals surface area contributed by atoms with Crippen molar-refractivity contribution in [2.24, 2.45) is 7.05 Å². The number of aryl methyl sites for hydroxylation is 1. The molecule has 1 N–H and O–H groups in total. The molecule has 0 aliphatic carbocycles. The lowest BCUT2D eigenvalue weighted by atomic mass is 10.4. The highest BCUT2D eigenvalue weighted by molar-refractivity contribution is 9.09. The summed E-state index contributed by atoms with van der Waals surface area (Å²) in [6.45, 7) is 2.01. The molecule has 0 saturated carbocycles. The number of alkyl halides is 1. The second-order valence-electron chi connectivity index (χ2n) is 2.64. The zero-order chi connectivity index (χ0) is 8.81. The fraction of sp³-hybridized carbons (Fsp3) is 0.625. The van der Waals surface area contributed by atoms with Crippen LogP contribution in [-0.2, 0) is 13.5 Å². The second kappa shape index (κ2) is 5.32. The van der Waals surface area contributed by atoms with Crippen LogP contribution in [0, 0.1) is 0 Å². The fourth-order valence-corrected chi connectivity index (χ4v) is 1.31. The number of nitrogens with one attached hydrogen (secondary N) is 1. The Bertz CT molecular complexity index is 222. The van der Waals surface area contributed by atoms with Gasteiger partial charge in [-0.3, -0.25) is 0 Å². The van der Waals surface area contributed by atoms with Gasteiger partial charge in [0.1, 0.15) is 5.82 Å². The minimum Gasteiger partial charge on any atom is -0.338 e. The van der Waals surface area contributed by atoms with Crippen LogP contribution in [0.5, 0.6) is 0 Å². The van der Waals surface area contributed by atoms with Gasteiger partial charge in [-0.25, -0.2) is 4.98 Å². The van der Waals surface area contributed by atoms with Crippen LogP contribution in [0.25, 0.3) is 0 Å². The largest absolute Gasteiger partial charge is 0.338 e. The number of halogens is 1. The summed E-state index contributed by atoms with van der Waals surface area (Å²) in [6, 6.07) is 0. The predicted molar refractivity (Wildman–Crippen MR) is 53.6 cm³/mol. The lowest BCUT2D eigenvalue weighted by Gasteiger charge is -2.02. The average molecular weight is 232 g/mol. The molecule has 0 unspecified atom stereocenters. The smallest absolute Gasteiger partial charge is 0.109 e. The van der Waals surface area contributed by atoms with Crippen LogP contribution in [-0.4, -0.2) is 28.0 Å². The van der Waals surface area contributed by atoms with Crippen molar-refractivity contribution in [3.8, 4) is 0 Å². The van der Waals surface area contributed by atoms with Gasteiger partial charge in [-0.05, 0) is 0 Å². The maximum absolute atomic E-state index is 4.22. The molecule has 0 aliphatic heterocycles. The second-order valence-corrected chi connectivity index (χ2v) is 3.44. The van der Waals surface area contributed by atoms with Gasteiger partial charge >= 0.3 is 0 Å². The zero-order valence-electron chi connectivity index (χ0n) is 7.26. The third-order valence-corrected chi connectivity index (χ3v) is 2.11. The van der Waals surface area contributed by atoms with Gasteiger partial charge in [0, 0.05) is 44.3 Å². The summed E-state index contributed by atoms with van der Waals surface area (Å²) in [4.78, 5) is 4.22. The number of imidazole rings is 1. The highest BCUT2D eigenvalue weighted by atomic mass is 79.9. The normalized spacial score (nSPS) is 10.5. The Balaban J connectivity index is 2.20. The zero-order valence-corrected chi connectivity index (χ0v) is 8.84. The summed E-state index contributed by atoms with van der Waals surface area (Å²) < 4.78 is 2.05. The topological polar surface area (TPSA) is 29.9 Å². The van der Waals surface area contributed by atoms with Crippen LogP contribution in [0.3, 0.4) is 0 Å². The summed E-state index contributed by atoms with van der Waals surface area (Å²) in [5.74, 6) is 1.14. The van der Waals surface area contributed by atoms with Crippen LogP contribution in [0.2, 0.25) is 0 Å². The molecule has 0 saturated heterocycles. The van der Waals surface area contributed by atoms with E-state index in [9.17, 15) is 0 Å². The van der Waals surface area contributed by atoms with Crippen molar-refractivity contribution >= 4 is 15.9 Å². The average Bonchev–Trinajstić information content (AvgIpc) is 2.46. The molecule has 4 heteroatoms. The first-order valence-electron chi connectivity index (χ1n) is 4.07. The Morgan fingerprint density at radius 1 is 1.58 bits per heavy atom. The molecular formula is C8H14BrN3. The highest BCUT2D eigenvalue weighted by Crippen LogP contribution is 1.93. The minimum atomic E-state index is 0.996. The molecule has 1 heterocycles. The van der Waals surface area contributed by atoms with Gasteiger partial charge in [0.25, 0.3) is 0 Å². The number of hydrogen-bond acceptors (Lipinski definition) is 2. The fourth-order valence-electron chi connectivity index (χ4n) is 1.03. The molecule has 0 fully saturated rings. The molecule has 0 atom stereocenters. The first-order chi connectivity index (χ1) is 5.84. The van der Waals surface area contributed by atoms with E-state index < -0.39 is 0 Å². The van der Waals surface area contributed by atoms with Crippen LogP contribution in [0.1, 0.15) is 5.82 Å². The molecule has 3 nitrogen and oxygen atoms in total. The van der Waals surface area contributed by atoms with E-state index in [1.165, 1.54) is 0 Å². The van der Waals surface area contributed by atoms with Gasteiger partial charge in [0.05, 0.1) is 0 Å². The summed E-state index contributed by atoms with van der Waals surface area (Å²) in [7, 11) is 2.02. The summed E-state index contributed by atoms with van der Waals surface area (Å²) in [5, 5.41) is 4.31. The molecular weight excluding hydrogens is 218 g/mol. The molecule has 0 bridgehead atoms. The first-order valence-corrected chi connectivity index (χ1v) is 5.19. The van der Waals surface area contributed by atoms with E-state index in [0.29, 0.717) is 0 Å². The van der Waals surface area contributed by atoms with E-state index in [1.54, 1.807) is 0 Å². The Morgan fingerprint density at radius 3 is 3.00 bits per heavy atom. The Hall–Kier alpha value is -0.350. The van der Waals surface area contributed by atoms with Crippen LogP contribution >= 0.6 is 15.9 Å². The van der Waals surface area contributed by atoms with Crippen molar-refractivity contribution in [1.29, 1.82) is 0 Å². The first kappa shape index (κ1) is 9.74. The lowest BCUT2D eigenvalue weighted by Crippen LogP contribution is -2.20. The maximum Gasteiger partial charge on any atom is 0.109 e.